The lowest BCUT2D eigenvalue weighted by atomic mass is 9.84. The van der Waals surface area contributed by atoms with Crippen LogP contribution in [0.1, 0.15) is 49.3 Å². The number of allylic oxidation sites excluding steroid dienone is 1. The third kappa shape index (κ3) is 5.56. The van der Waals surface area contributed by atoms with Crippen LogP contribution in [0.2, 0.25) is 0 Å². The van der Waals surface area contributed by atoms with Crippen LogP contribution in [0.15, 0.2) is 47.5 Å². The van der Waals surface area contributed by atoms with E-state index in [2.05, 4.69) is 20.3 Å². The average molecular weight is 477 g/mol. The largest absolute Gasteiger partial charge is 0.308 e. The predicted octanol–water partition coefficient (Wildman–Crippen LogP) is 4.63. The first-order valence-corrected chi connectivity index (χ1v) is 12.4. The van der Waals surface area contributed by atoms with Crippen LogP contribution in [0, 0.1) is 11.7 Å². The predicted molar refractivity (Wildman–Crippen MR) is 130 cm³/mol. The van der Waals surface area contributed by atoms with Gasteiger partial charge >= 0.3 is 0 Å². The maximum atomic E-state index is 13.4. The van der Waals surface area contributed by atoms with E-state index in [4.69, 9.17) is 0 Å². The third-order valence-electron chi connectivity index (χ3n) is 6.41. The zero-order valence-electron chi connectivity index (χ0n) is 18.7. The lowest BCUT2D eigenvalue weighted by Gasteiger charge is -2.29. The number of hydrogen-bond acceptors (Lipinski definition) is 7. The highest BCUT2D eigenvalue weighted by atomic mass is 32.2. The van der Waals surface area contributed by atoms with Gasteiger partial charge in [0.05, 0.1) is 28.2 Å². The summed E-state index contributed by atoms with van der Waals surface area (Å²) < 4.78 is 13.4. The minimum absolute atomic E-state index is 0.0252. The smallest absolute Gasteiger partial charge is 0.201 e. The minimum atomic E-state index is -0.245. The van der Waals surface area contributed by atoms with Gasteiger partial charge in [0.2, 0.25) is 5.12 Å². The van der Waals surface area contributed by atoms with Crippen LogP contribution in [-0.4, -0.2) is 31.9 Å². The van der Waals surface area contributed by atoms with E-state index in [1.54, 1.807) is 24.4 Å². The number of nitrogens with zero attached hydrogens (tertiary/aromatic N) is 3. The molecule has 0 atom stereocenters. The van der Waals surface area contributed by atoms with E-state index in [1.165, 1.54) is 12.1 Å². The van der Waals surface area contributed by atoms with Crippen LogP contribution in [0.5, 0.6) is 0 Å². The Kier molecular flexibility index (Phi) is 6.78. The molecule has 1 aromatic carbocycles. The van der Waals surface area contributed by atoms with Crippen molar-refractivity contribution < 1.29 is 14.0 Å². The highest BCUT2D eigenvalue weighted by Crippen LogP contribution is 2.31. The zero-order valence-corrected chi connectivity index (χ0v) is 19.5. The Labute approximate surface area is 201 Å². The summed E-state index contributed by atoms with van der Waals surface area (Å²) in [4.78, 5) is 37.4. The maximum absolute atomic E-state index is 13.4. The van der Waals surface area contributed by atoms with Crippen molar-refractivity contribution >= 4 is 39.6 Å². The fourth-order valence-corrected chi connectivity index (χ4v) is 5.40. The van der Waals surface area contributed by atoms with Crippen molar-refractivity contribution in [3.63, 3.8) is 0 Å². The molecule has 1 aliphatic carbocycles. The van der Waals surface area contributed by atoms with Gasteiger partial charge in [-0.15, -0.1) is 0 Å². The van der Waals surface area contributed by atoms with E-state index >= 15 is 0 Å². The number of thioether (sulfide) groups is 1. The molecular formula is C26H25FN4O2S. The van der Waals surface area contributed by atoms with Gasteiger partial charge in [-0.25, -0.2) is 14.4 Å². The van der Waals surface area contributed by atoms with Gasteiger partial charge in [-0.1, -0.05) is 6.07 Å². The molecule has 0 unspecified atom stereocenters. The van der Waals surface area contributed by atoms with Gasteiger partial charge in [0.1, 0.15) is 11.6 Å². The maximum Gasteiger partial charge on any atom is 0.201 e. The molecule has 1 aliphatic heterocycles. The first-order valence-electron chi connectivity index (χ1n) is 11.6. The molecule has 1 N–H and O–H groups in total. The van der Waals surface area contributed by atoms with E-state index in [0.717, 1.165) is 66.3 Å². The van der Waals surface area contributed by atoms with E-state index in [-0.39, 0.29) is 23.1 Å². The number of benzene rings is 1. The van der Waals surface area contributed by atoms with Crippen molar-refractivity contribution in [3.05, 3.63) is 70.5 Å². The van der Waals surface area contributed by atoms with Gasteiger partial charge in [0.25, 0.3) is 0 Å². The number of carbonyl (C=O) groups is 2. The Morgan fingerprint density at radius 1 is 1.06 bits per heavy atom. The Morgan fingerprint density at radius 3 is 2.71 bits per heavy atom. The molecule has 3 aromatic rings. The van der Waals surface area contributed by atoms with Crippen molar-refractivity contribution in [2.45, 2.75) is 51.1 Å². The molecular weight excluding hydrogens is 451 g/mol. The van der Waals surface area contributed by atoms with Crippen LogP contribution in [-0.2, 0) is 22.6 Å². The number of hydrogen-bond donors (Lipinski definition) is 1. The molecule has 8 heteroatoms. The van der Waals surface area contributed by atoms with Crippen molar-refractivity contribution in [2.24, 2.45) is 5.92 Å². The fourth-order valence-electron chi connectivity index (χ4n) is 4.59. The molecule has 2 fully saturated rings. The Hall–Kier alpha value is -2.97. The molecule has 0 bridgehead atoms. The van der Waals surface area contributed by atoms with E-state index in [9.17, 15) is 14.0 Å². The SMILES string of the molecule is O=C1CC(=O)/C(=C/c2ccnc(CC3CCC(NCc4ccc5cc(F)ccc5n4)CC3)n2)S1. The second-order valence-corrected chi connectivity index (χ2v) is 10.0. The molecule has 3 heterocycles. The minimum Gasteiger partial charge on any atom is -0.308 e. The van der Waals surface area contributed by atoms with Crippen LogP contribution in [0.25, 0.3) is 17.0 Å². The van der Waals surface area contributed by atoms with Crippen molar-refractivity contribution in [1.82, 2.24) is 20.3 Å². The van der Waals surface area contributed by atoms with Gasteiger partial charge in [-0.2, -0.15) is 0 Å². The molecule has 6 nitrogen and oxygen atoms in total. The fraction of sp³-hybridized carbons (Fsp3) is 0.346. The summed E-state index contributed by atoms with van der Waals surface area (Å²) in [7, 11) is 0. The third-order valence-corrected chi connectivity index (χ3v) is 7.35. The molecule has 1 saturated carbocycles. The number of carbonyl (C=O) groups excluding carboxylic acids is 2. The molecule has 0 amide bonds. The van der Waals surface area contributed by atoms with E-state index < -0.39 is 0 Å². The van der Waals surface area contributed by atoms with Crippen LogP contribution in [0.4, 0.5) is 4.39 Å². The molecule has 2 aromatic heterocycles. The molecule has 5 rings (SSSR count). The standard InChI is InChI=1S/C26H25FN4O2S/c27-18-4-8-22-17(12-18)3-7-21(30-22)15-29-19-5-1-16(2-6-19)11-25-28-10-9-20(31-25)13-24-23(32)14-26(33)34-24/h3-4,7-10,12-13,16,19,29H,1-2,5-6,11,14-15H2/b24-13-. The summed E-state index contributed by atoms with van der Waals surface area (Å²) in [5.74, 6) is 0.933. The second-order valence-electron chi connectivity index (χ2n) is 8.92. The number of nitrogens with one attached hydrogen (secondary N) is 1. The first-order chi connectivity index (χ1) is 16.5. The van der Waals surface area contributed by atoms with Crippen LogP contribution >= 0.6 is 11.8 Å². The van der Waals surface area contributed by atoms with Crippen LogP contribution < -0.4 is 5.32 Å². The number of rotatable bonds is 6. The number of pyridine rings is 1. The lowest BCUT2D eigenvalue weighted by molar-refractivity contribution is -0.119. The molecule has 0 spiro atoms. The van der Waals surface area contributed by atoms with Gasteiger partial charge in [0.15, 0.2) is 5.78 Å². The van der Waals surface area contributed by atoms with Gasteiger partial charge < -0.3 is 5.32 Å². The van der Waals surface area contributed by atoms with Gasteiger partial charge in [-0.05, 0) is 79.8 Å². The monoisotopic (exact) mass is 476 g/mol. The van der Waals surface area contributed by atoms with Gasteiger partial charge in [0, 0.05) is 30.6 Å². The summed E-state index contributed by atoms with van der Waals surface area (Å²) >= 11 is 1.000. The van der Waals surface area contributed by atoms with E-state index in [1.807, 2.05) is 12.1 Å². The number of fused-ring (bicyclic) bond motifs is 1. The second kappa shape index (κ2) is 10.1. The summed E-state index contributed by atoms with van der Waals surface area (Å²) in [5, 5.41) is 4.32. The summed E-state index contributed by atoms with van der Waals surface area (Å²) in [5.41, 5.74) is 2.45. The topological polar surface area (TPSA) is 84.8 Å². The molecule has 1 saturated heterocycles. The Bertz CT molecular complexity index is 1270. The summed E-state index contributed by atoms with van der Waals surface area (Å²) in [6, 6.07) is 10.8. The van der Waals surface area contributed by atoms with Crippen molar-refractivity contribution in [3.8, 4) is 0 Å². The highest BCUT2D eigenvalue weighted by Gasteiger charge is 2.26. The summed E-state index contributed by atoms with van der Waals surface area (Å²) in [6.45, 7) is 0.696. The first kappa shape index (κ1) is 22.8. The molecule has 174 valence electrons. The molecule has 2 aliphatic rings. The average Bonchev–Trinajstić information content (AvgIpc) is 3.15. The molecule has 34 heavy (non-hydrogen) atoms. The molecule has 0 radical (unpaired) electrons. The van der Waals surface area contributed by atoms with Crippen LogP contribution in [0.3, 0.4) is 0 Å². The quantitative estimate of drug-likeness (QED) is 0.410. The zero-order chi connectivity index (χ0) is 23.5. The summed E-state index contributed by atoms with van der Waals surface area (Å²) in [6.07, 6.45) is 8.56. The Balaban J connectivity index is 1.12. The Morgan fingerprint density at radius 2 is 1.91 bits per heavy atom. The van der Waals surface area contributed by atoms with Gasteiger partial charge in [-0.3, -0.25) is 14.6 Å². The van der Waals surface area contributed by atoms with E-state index in [0.29, 0.717) is 29.1 Å². The lowest BCUT2D eigenvalue weighted by Crippen LogP contribution is -2.33. The normalized spacial score (nSPS) is 22.1. The van der Waals surface area contributed by atoms with Crippen molar-refractivity contribution in [1.29, 1.82) is 0 Å². The number of ketones is 1. The highest BCUT2D eigenvalue weighted by molar-refractivity contribution is 8.18. The number of Topliss-reactive ketones (excluding diaryl/α,β-unsaturated/α-hetero) is 1. The number of aromatic nitrogens is 3. The number of halogens is 1. The van der Waals surface area contributed by atoms with Crippen molar-refractivity contribution in [2.75, 3.05) is 0 Å².